The Morgan fingerprint density at radius 1 is 1.21 bits per heavy atom. The van der Waals surface area contributed by atoms with Crippen LogP contribution in [-0.2, 0) is 0 Å². The van der Waals surface area contributed by atoms with Crippen LogP contribution in [0.4, 0.5) is 0 Å². The lowest BCUT2D eigenvalue weighted by molar-refractivity contribution is 0.405. The predicted molar refractivity (Wildman–Crippen MR) is 71.9 cm³/mol. The Bertz CT molecular complexity index is 818. The number of hydrogen-bond donors (Lipinski definition) is 0. The Balaban J connectivity index is 2.34. The Labute approximate surface area is 113 Å². The quantitative estimate of drug-likeness (QED) is 0.685. The predicted octanol–water partition coefficient (Wildman–Crippen LogP) is 2.64. The Morgan fingerprint density at radius 3 is 2.58 bits per heavy atom. The van der Waals surface area contributed by atoms with Crippen LogP contribution in [0.3, 0.4) is 0 Å². The highest BCUT2D eigenvalue weighted by molar-refractivity contribution is 6.30. The van der Waals surface area contributed by atoms with Gasteiger partial charge in [-0.15, -0.1) is 0 Å². The summed E-state index contributed by atoms with van der Waals surface area (Å²) in [4.78, 5) is 12.3. The van der Waals surface area contributed by atoms with E-state index < -0.39 is 0 Å². The molecular weight excluding hydrogens is 266 g/mol. The highest BCUT2D eigenvalue weighted by Gasteiger charge is 2.15. The van der Waals surface area contributed by atoms with Gasteiger partial charge in [-0.25, -0.2) is 0 Å². The summed E-state index contributed by atoms with van der Waals surface area (Å²) in [6, 6.07) is 6.88. The molecule has 3 aromatic rings. The van der Waals surface area contributed by atoms with Gasteiger partial charge in [0.25, 0.3) is 0 Å². The standard InChI is InChI=1S/C13H10ClN3O2/c1-7-11-8(2)19-16-12(11)13(18)17(15-7)10-5-3-9(14)4-6-10/h3-6H,1-2H3. The largest absolute Gasteiger partial charge is 0.360 e. The SMILES string of the molecule is Cc1nn(-c2ccc(Cl)cc2)c(=O)c2noc(C)c12. The van der Waals surface area contributed by atoms with Crippen LogP contribution in [0.2, 0.25) is 5.02 Å². The Hall–Kier alpha value is -2.14. The monoisotopic (exact) mass is 275 g/mol. The average Bonchev–Trinajstić information content (AvgIpc) is 2.78. The number of hydrogen-bond acceptors (Lipinski definition) is 4. The van der Waals surface area contributed by atoms with Gasteiger partial charge in [0.15, 0.2) is 5.52 Å². The second-order valence-electron chi connectivity index (χ2n) is 4.24. The van der Waals surface area contributed by atoms with E-state index in [1.807, 2.05) is 6.92 Å². The molecule has 0 atom stereocenters. The fraction of sp³-hybridized carbons (Fsp3) is 0.154. The molecule has 0 aliphatic carbocycles. The molecule has 0 bridgehead atoms. The average molecular weight is 276 g/mol. The van der Waals surface area contributed by atoms with Gasteiger partial charge in [-0.2, -0.15) is 9.78 Å². The third-order valence-corrected chi connectivity index (χ3v) is 3.19. The number of aromatic nitrogens is 3. The topological polar surface area (TPSA) is 60.9 Å². The fourth-order valence-electron chi connectivity index (χ4n) is 2.05. The summed E-state index contributed by atoms with van der Waals surface area (Å²) in [5, 5.41) is 9.38. The molecule has 0 N–H and O–H groups in total. The maximum atomic E-state index is 12.3. The number of nitrogens with zero attached hydrogens (tertiary/aromatic N) is 3. The van der Waals surface area contributed by atoms with E-state index >= 15 is 0 Å². The molecule has 3 rings (SSSR count). The Kier molecular flexibility index (Phi) is 2.64. The van der Waals surface area contributed by atoms with E-state index in [-0.39, 0.29) is 5.56 Å². The highest BCUT2D eigenvalue weighted by atomic mass is 35.5. The first-order valence-electron chi connectivity index (χ1n) is 5.70. The summed E-state index contributed by atoms with van der Waals surface area (Å²) in [7, 11) is 0. The Morgan fingerprint density at radius 2 is 1.89 bits per heavy atom. The minimum atomic E-state index is -0.306. The van der Waals surface area contributed by atoms with Crippen molar-refractivity contribution in [2.24, 2.45) is 0 Å². The van der Waals surface area contributed by atoms with Gasteiger partial charge < -0.3 is 4.52 Å². The minimum Gasteiger partial charge on any atom is -0.360 e. The van der Waals surface area contributed by atoms with E-state index in [1.165, 1.54) is 4.68 Å². The van der Waals surface area contributed by atoms with Gasteiger partial charge in [-0.1, -0.05) is 16.8 Å². The second kappa shape index (κ2) is 4.20. The molecule has 19 heavy (non-hydrogen) atoms. The number of benzene rings is 1. The van der Waals surface area contributed by atoms with Crippen LogP contribution >= 0.6 is 11.6 Å². The molecule has 0 amide bonds. The lowest BCUT2D eigenvalue weighted by Crippen LogP contribution is -2.22. The first-order chi connectivity index (χ1) is 9.08. The van der Waals surface area contributed by atoms with Crippen LogP contribution < -0.4 is 5.56 Å². The summed E-state index contributed by atoms with van der Waals surface area (Å²) in [5.41, 5.74) is 1.32. The molecule has 2 aromatic heterocycles. The molecule has 5 nitrogen and oxygen atoms in total. The summed E-state index contributed by atoms with van der Waals surface area (Å²) in [5.74, 6) is 0.598. The zero-order valence-corrected chi connectivity index (χ0v) is 11.1. The van der Waals surface area contributed by atoms with E-state index in [0.717, 1.165) is 0 Å². The molecule has 0 saturated carbocycles. The summed E-state index contributed by atoms with van der Waals surface area (Å²) >= 11 is 5.83. The minimum absolute atomic E-state index is 0.292. The van der Waals surface area contributed by atoms with Crippen molar-refractivity contribution in [3.8, 4) is 5.69 Å². The van der Waals surface area contributed by atoms with Crippen LogP contribution in [0, 0.1) is 13.8 Å². The van der Waals surface area contributed by atoms with Crippen LogP contribution in [0.15, 0.2) is 33.6 Å². The van der Waals surface area contributed by atoms with E-state index in [2.05, 4.69) is 10.3 Å². The number of rotatable bonds is 1. The number of halogens is 1. The van der Waals surface area contributed by atoms with Gasteiger partial charge in [0, 0.05) is 5.02 Å². The van der Waals surface area contributed by atoms with Crippen molar-refractivity contribution in [1.29, 1.82) is 0 Å². The lowest BCUT2D eigenvalue weighted by Gasteiger charge is -2.05. The molecule has 0 radical (unpaired) electrons. The summed E-state index contributed by atoms with van der Waals surface area (Å²) in [6.45, 7) is 3.58. The fourth-order valence-corrected chi connectivity index (χ4v) is 2.17. The highest BCUT2D eigenvalue weighted by Crippen LogP contribution is 2.18. The molecule has 0 spiro atoms. The third kappa shape index (κ3) is 1.82. The van der Waals surface area contributed by atoms with Crippen molar-refractivity contribution in [2.75, 3.05) is 0 Å². The molecule has 0 fully saturated rings. The zero-order valence-electron chi connectivity index (χ0n) is 10.3. The molecule has 1 aromatic carbocycles. The van der Waals surface area contributed by atoms with Crippen LogP contribution in [0.1, 0.15) is 11.5 Å². The van der Waals surface area contributed by atoms with Gasteiger partial charge in [-0.05, 0) is 38.1 Å². The van der Waals surface area contributed by atoms with E-state index in [9.17, 15) is 4.79 Å². The van der Waals surface area contributed by atoms with E-state index in [4.69, 9.17) is 16.1 Å². The zero-order chi connectivity index (χ0) is 13.6. The van der Waals surface area contributed by atoms with Crippen molar-refractivity contribution >= 4 is 22.5 Å². The normalized spacial score (nSPS) is 11.1. The van der Waals surface area contributed by atoms with Crippen LogP contribution in [0.5, 0.6) is 0 Å². The van der Waals surface area contributed by atoms with Crippen molar-refractivity contribution in [3.63, 3.8) is 0 Å². The second-order valence-corrected chi connectivity index (χ2v) is 4.68. The maximum absolute atomic E-state index is 12.3. The van der Waals surface area contributed by atoms with Crippen molar-refractivity contribution in [2.45, 2.75) is 13.8 Å². The third-order valence-electron chi connectivity index (χ3n) is 2.94. The van der Waals surface area contributed by atoms with Gasteiger partial charge in [-0.3, -0.25) is 4.79 Å². The van der Waals surface area contributed by atoms with Crippen molar-refractivity contribution in [1.82, 2.24) is 14.9 Å². The first-order valence-corrected chi connectivity index (χ1v) is 6.07. The van der Waals surface area contributed by atoms with Crippen LogP contribution in [-0.4, -0.2) is 14.9 Å². The molecule has 2 heterocycles. The molecular formula is C13H10ClN3O2. The summed E-state index contributed by atoms with van der Waals surface area (Å²) < 4.78 is 6.36. The number of fused-ring (bicyclic) bond motifs is 1. The number of aryl methyl sites for hydroxylation is 2. The van der Waals surface area contributed by atoms with Gasteiger partial charge >= 0.3 is 5.56 Å². The van der Waals surface area contributed by atoms with Crippen molar-refractivity contribution in [3.05, 3.63) is 51.1 Å². The molecule has 0 saturated heterocycles. The smallest absolute Gasteiger partial charge is 0.301 e. The molecule has 96 valence electrons. The molecule has 0 aliphatic heterocycles. The molecule has 0 aliphatic rings. The molecule has 6 heteroatoms. The maximum Gasteiger partial charge on any atom is 0.301 e. The first kappa shape index (κ1) is 11.9. The van der Waals surface area contributed by atoms with Gasteiger partial charge in [0.05, 0.1) is 16.8 Å². The van der Waals surface area contributed by atoms with Crippen molar-refractivity contribution < 1.29 is 4.52 Å². The summed E-state index contributed by atoms with van der Waals surface area (Å²) in [6.07, 6.45) is 0. The van der Waals surface area contributed by atoms with Gasteiger partial charge in [0.1, 0.15) is 5.76 Å². The van der Waals surface area contributed by atoms with E-state index in [1.54, 1.807) is 31.2 Å². The van der Waals surface area contributed by atoms with Crippen LogP contribution in [0.25, 0.3) is 16.6 Å². The molecule has 0 unspecified atom stereocenters. The lowest BCUT2D eigenvalue weighted by atomic mass is 10.2. The van der Waals surface area contributed by atoms with E-state index in [0.29, 0.717) is 33.1 Å². The van der Waals surface area contributed by atoms with Gasteiger partial charge in [0.2, 0.25) is 0 Å².